The van der Waals surface area contributed by atoms with Gasteiger partial charge in [-0.05, 0) is 6.92 Å². The van der Waals surface area contributed by atoms with Gasteiger partial charge in [-0.25, -0.2) is 4.79 Å². The van der Waals surface area contributed by atoms with Crippen LogP contribution in [-0.4, -0.2) is 70.9 Å². The molecule has 1 N–H and O–H groups in total. The van der Waals surface area contributed by atoms with Crippen LogP contribution in [0, 0.1) is 0 Å². The quantitative estimate of drug-likeness (QED) is 0.224. The van der Waals surface area contributed by atoms with E-state index >= 15 is 0 Å². The minimum atomic E-state index is -8.78. The molecule has 34 heavy (non-hydrogen) atoms. The molecule has 0 aliphatic rings. The second-order valence-corrected chi connectivity index (χ2v) is 6.37. The minimum Gasteiger partial charge on any atom is -0.450 e. The molecule has 0 fully saturated rings. The van der Waals surface area contributed by atoms with Crippen molar-refractivity contribution in [3.8, 4) is 0 Å². The number of hydrogen-bond donors (Lipinski definition) is 1. The first-order chi connectivity index (χ1) is 14.5. The van der Waals surface area contributed by atoms with Crippen LogP contribution >= 0.6 is 0 Å². The van der Waals surface area contributed by atoms with E-state index in [9.17, 15) is 79.4 Å². The third-order valence-electron chi connectivity index (χ3n) is 3.95. The van der Waals surface area contributed by atoms with E-state index in [0.29, 0.717) is 0 Å². The molecule has 2 atom stereocenters. The third kappa shape index (κ3) is 4.25. The van der Waals surface area contributed by atoms with Gasteiger partial charge >= 0.3 is 53.6 Å². The van der Waals surface area contributed by atoms with Crippen molar-refractivity contribution in [3.05, 3.63) is 12.7 Å². The maximum Gasteiger partial charge on any atom is 0.460 e. The van der Waals surface area contributed by atoms with Crippen LogP contribution in [0.5, 0.6) is 0 Å². The molecule has 0 aromatic rings. The van der Waals surface area contributed by atoms with E-state index in [2.05, 4.69) is 11.3 Å². The zero-order chi connectivity index (χ0) is 28.1. The number of halogens is 17. The second-order valence-electron chi connectivity index (χ2n) is 6.37. The number of aliphatic hydroxyl groups excluding tert-OH is 1. The standard InChI is InChI=1S/C14H9F17O3/c1-3-5(33)34-6(4(2)32)7(15,16)8(17,18)9(19,20)10(21,22)11(23,24)12(25,26)13(27,28)14(29,30)31/h3-4,6,32H,1H2,2H3. The summed E-state index contributed by atoms with van der Waals surface area (Å²) in [6.45, 7) is 2.47. The predicted molar refractivity (Wildman–Crippen MR) is 72.4 cm³/mol. The van der Waals surface area contributed by atoms with Gasteiger partial charge < -0.3 is 9.84 Å². The molecule has 0 radical (unpaired) electrons. The van der Waals surface area contributed by atoms with E-state index < -0.39 is 65.8 Å². The summed E-state index contributed by atoms with van der Waals surface area (Å²) in [5, 5.41) is 8.96. The lowest BCUT2D eigenvalue weighted by atomic mass is 9.87. The molecule has 0 bridgehead atoms. The Morgan fingerprint density at radius 2 is 0.971 bits per heavy atom. The number of carbonyl (C=O) groups excluding carboxylic acids is 1. The lowest BCUT2D eigenvalue weighted by molar-refractivity contribution is -0.464. The van der Waals surface area contributed by atoms with Crippen LogP contribution in [0.25, 0.3) is 0 Å². The van der Waals surface area contributed by atoms with Gasteiger partial charge in [0.15, 0.2) is 6.10 Å². The normalized spacial score (nSPS) is 17.3. The van der Waals surface area contributed by atoms with Gasteiger partial charge in [-0.1, -0.05) is 6.58 Å². The van der Waals surface area contributed by atoms with Crippen LogP contribution < -0.4 is 0 Å². The highest BCUT2D eigenvalue weighted by molar-refractivity contribution is 5.81. The molecule has 3 nitrogen and oxygen atoms in total. The van der Waals surface area contributed by atoms with Crippen molar-refractivity contribution in [3.63, 3.8) is 0 Å². The summed E-state index contributed by atoms with van der Waals surface area (Å²) >= 11 is 0. The minimum absolute atomic E-state index is 0.0338. The molecule has 0 aliphatic heterocycles. The molecule has 0 heterocycles. The zero-order valence-corrected chi connectivity index (χ0v) is 15.6. The molecule has 20 heteroatoms. The molecule has 0 amide bonds. The lowest BCUT2D eigenvalue weighted by Crippen LogP contribution is -2.75. The molecule has 0 rings (SSSR count). The lowest BCUT2D eigenvalue weighted by Gasteiger charge is -2.44. The Morgan fingerprint density at radius 3 is 1.24 bits per heavy atom. The Balaban J connectivity index is 6.92. The molecular weight excluding hydrogens is 539 g/mol. The molecule has 0 saturated heterocycles. The van der Waals surface area contributed by atoms with Crippen LogP contribution in [0.1, 0.15) is 6.92 Å². The summed E-state index contributed by atoms with van der Waals surface area (Å²) < 4.78 is 227. The highest BCUT2D eigenvalue weighted by Crippen LogP contribution is 2.64. The second kappa shape index (κ2) is 8.58. The maximum atomic E-state index is 14.0. The number of alkyl halides is 17. The first-order valence-corrected chi connectivity index (χ1v) is 7.76. The molecule has 0 aromatic carbocycles. The van der Waals surface area contributed by atoms with E-state index in [0.717, 1.165) is 0 Å². The van der Waals surface area contributed by atoms with Gasteiger partial charge in [-0.2, -0.15) is 74.6 Å². The summed E-state index contributed by atoms with van der Waals surface area (Å²) in [6, 6.07) is 0. The van der Waals surface area contributed by atoms with Gasteiger partial charge in [0, 0.05) is 6.08 Å². The van der Waals surface area contributed by atoms with Gasteiger partial charge in [0.1, 0.15) is 0 Å². The largest absolute Gasteiger partial charge is 0.460 e. The van der Waals surface area contributed by atoms with Gasteiger partial charge in [-0.15, -0.1) is 0 Å². The molecule has 0 aromatic heterocycles. The molecule has 0 spiro atoms. The van der Waals surface area contributed by atoms with Crippen LogP contribution in [0.2, 0.25) is 0 Å². The van der Waals surface area contributed by atoms with E-state index in [1.807, 2.05) is 0 Å². The van der Waals surface area contributed by atoms with Crippen molar-refractivity contribution in [1.82, 2.24) is 0 Å². The number of carbonyl (C=O) groups is 1. The molecule has 2 unspecified atom stereocenters. The number of rotatable bonds is 10. The highest BCUT2D eigenvalue weighted by Gasteiger charge is 2.95. The van der Waals surface area contributed by atoms with E-state index in [4.69, 9.17) is 5.11 Å². The van der Waals surface area contributed by atoms with Crippen molar-refractivity contribution < 1.29 is 89.3 Å². The number of hydrogen-bond acceptors (Lipinski definition) is 3. The summed E-state index contributed by atoms with van der Waals surface area (Å²) in [7, 11) is 0. The Kier molecular flexibility index (Phi) is 8.07. The molecule has 0 saturated carbocycles. The monoisotopic (exact) mass is 548 g/mol. The van der Waals surface area contributed by atoms with E-state index in [-0.39, 0.29) is 13.0 Å². The maximum absolute atomic E-state index is 14.0. The first kappa shape index (κ1) is 32.0. The molecule has 0 aliphatic carbocycles. The summed E-state index contributed by atoms with van der Waals surface area (Å²) in [5.74, 6) is -60.4. The molecular formula is C14H9F17O3. The first-order valence-electron chi connectivity index (χ1n) is 7.76. The van der Waals surface area contributed by atoms with Gasteiger partial charge in [0.25, 0.3) is 0 Å². The average molecular weight is 548 g/mol. The van der Waals surface area contributed by atoms with Gasteiger partial charge in [0.2, 0.25) is 0 Å². The van der Waals surface area contributed by atoms with Crippen LogP contribution in [0.15, 0.2) is 12.7 Å². The molecule has 202 valence electrons. The SMILES string of the molecule is C=CC(=O)OC(C(C)O)C(F)(F)C(F)(F)C(F)(F)C(F)(F)C(F)(F)C(F)(F)C(F)(F)C(F)(F)F. The Bertz CT molecular complexity index is 768. The van der Waals surface area contributed by atoms with Crippen molar-refractivity contribution >= 4 is 5.97 Å². The fraction of sp³-hybridized carbons (Fsp3) is 0.786. The topological polar surface area (TPSA) is 46.5 Å². The number of ether oxygens (including phenoxy) is 1. The Morgan fingerprint density at radius 1 is 0.676 bits per heavy atom. The van der Waals surface area contributed by atoms with Crippen LogP contribution in [0.4, 0.5) is 74.6 Å². The fourth-order valence-electron chi connectivity index (χ4n) is 2.00. The summed E-state index contributed by atoms with van der Waals surface area (Å²) in [4.78, 5) is 10.9. The van der Waals surface area contributed by atoms with Crippen LogP contribution in [-0.2, 0) is 9.53 Å². The predicted octanol–water partition coefficient (Wildman–Crippen LogP) is 5.47. The van der Waals surface area contributed by atoms with E-state index in [1.54, 1.807) is 0 Å². The third-order valence-corrected chi connectivity index (χ3v) is 3.95. The van der Waals surface area contributed by atoms with Crippen molar-refractivity contribution in [1.29, 1.82) is 0 Å². The van der Waals surface area contributed by atoms with Gasteiger partial charge in [0.05, 0.1) is 6.10 Å². The van der Waals surface area contributed by atoms with Crippen molar-refractivity contribution in [2.75, 3.05) is 0 Å². The van der Waals surface area contributed by atoms with Gasteiger partial charge in [-0.3, -0.25) is 0 Å². The Labute approximate surface area is 176 Å². The highest BCUT2D eigenvalue weighted by atomic mass is 19.4. The van der Waals surface area contributed by atoms with Crippen LogP contribution in [0.3, 0.4) is 0 Å². The van der Waals surface area contributed by atoms with Crippen molar-refractivity contribution in [2.24, 2.45) is 0 Å². The fourth-order valence-corrected chi connectivity index (χ4v) is 2.00. The summed E-state index contributed by atoms with van der Waals surface area (Å²) in [5.41, 5.74) is 0. The number of aliphatic hydroxyl groups is 1. The smallest absolute Gasteiger partial charge is 0.450 e. The average Bonchev–Trinajstić information content (AvgIpc) is 2.63. The van der Waals surface area contributed by atoms with Crippen molar-refractivity contribution in [2.45, 2.75) is 66.8 Å². The zero-order valence-electron chi connectivity index (χ0n) is 15.6. The summed E-state index contributed by atoms with van der Waals surface area (Å²) in [6.07, 6.45) is -15.5. The Hall–Kier alpha value is -2.02. The number of esters is 1. The van der Waals surface area contributed by atoms with E-state index in [1.165, 1.54) is 0 Å².